The first-order valence-corrected chi connectivity index (χ1v) is 5.99. The quantitative estimate of drug-likeness (QED) is 0.208. The van der Waals surface area contributed by atoms with E-state index in [9.17, 15) is 29.9 Å². The maximum atomic E-state index is 11.8. The summed E-state index contributed by atoms with van der Waals surface area (Å²) < 4.78 is 9.70. The molecule has 0 amide bonds. The average molecular weight is 309 g/mol. The van der Waals surface area contributed by atoms with Gasteiger partial charge in [-0.25, -0.2) is 9.59 Å². The molecular formula is C13H11NO8. The van der Waals surface area contributed by atoms with E-state index < -0.39 is 45.4 Å². The number of aromatic hydroxyl groups is 2. The van der Waals surface area contributed by atoms with Gasteiger partial charge in [0, 0.05) is 13.8 Å². The molecule has 1 aromatic rings. The van der Waals surface area contributed by atoms with Crippen molar-refractivity contribution in [2.24, 2.45) is 0 Å². The van der Waals surface area contributed by atoms with Crippen molar-refractivity contribution in [3.63, 3.8) is 0 Å². The number of hydrogen-bond acceptors (Lipinski definition) is 8. The first-order valence-electron chi connectivity index (χ1n) is 5.99. The Hall–Kier alpha value is -3.10. The zero-order chi connectivity index (χ0) is 16.7. The van der Waals surface area contributed by atoms with Crippen LogP contribution in [0, 0.1) is 10.1 Å². The molecule has 0 atom stereocenters. The third-order valence-corrected chi connectivity index (χ3v) is 2.74. The lowest BCUT2D eigenvalue weighted by atomic mass is 10.1. The summed E-state index contributed by atoms with van der Waals surface area (Å²) in [5.74, 6) is -4.81. The van der Waals surface area contributed by atoms with E-state index in [1.165, 1.54) is 13.8 Å². The number of esters is 2. The third kappa shape index (κ3) is 2.82. The van der Waals surface area contributed by atoms with E-state index >= 15 is 0 Å². The van der Waals surface area contributed by atoms with Crippen LogP contribution < -0.4 is 0 Å². The summed E-state index contributed by atoms with van der Waals surface area (Å²) in [4.78, 5) is 33.7. The van der Waals surface area contributed by atoms with Crippen molar-refractivity contribution < 1.29 is 34.2 Å². The molecule has 0 radical (unpaired) electrons. The zero-order valence-corrected chi connectivity index (χ0v) is 11.5. The van der Waals surface area contributed by atoms with Crippen molar-refractivity contribution in [3.8, 4) is 11.5 Å². The van der Waals surface area contributed by atoms with Crippen molar-refractivity contribution in [2.45, 2.75) is 19.6 Å². The molecule has 2 N–H and O–H groups in total. The minimum atomic E-state index is -1.44. The summed E-state index contributed by atoms with van der Waals surface area (Å²) in [7, 11) is 0. The van der Waals surface area contributed by atoms with Gasteiger partial charge in [-0.2, -0.15) is 0 Å². The summed E-state index contributed by atoms with van der Waals surface area (Å²) in [6.07, 6.45) is 0.858. The highest BCUT2D eigenvalue weighted by Gasteiger charge is 2.39. The molecule has 0 spiro atoms. The SMILES string of the molecule is CC1(C)OC(=O)C(=Cc2cc(O)c(O)cc2[N+](=O)[O-])C(=O)O1. The van der Waals surface area contributed by atoms with Gasteiger partial charge in [-0.1, -0.05) is 0 Å². The van der Waals surface area contributed by atoms with E-state index in [1.54, 1.807) is 0 Å². The van der Waals surface area contributed by atoms with Crippen LogP contribution in [0.3, 0.4) is 0 Å². The van der Waals surface area contributed by atoms with Gasteiger partial charge < -0.3 is 19.7 Å². The van der Waals surface area contributed by atoms with Gasteiger partial charge >= 0.3 is 11.9 Å². The normalized spacial score (nSPS) is 16.7. The van der Waals surface area contributed by atoms with E-state index in [0.29, 0.717) is 6.07 Å². The van der Waals surface area contributed by atoms with Gasteiger partial charge in [-0.3, -0.25) is 10.1 Å². The molecule has 1 heterocycles. The Bertz CT molecular complexity index is 697. The highest BCUT2D eigenvalue weighted by Crippen LogP contribution is 2.35. The van der Waals surface area contributed by atoms with Crippen LogP contribution in [0.4, 0.5) is 5.69 Å². The fourth-order valence-electron chi connectivity index (χ4n) is 1.79. The summed E-state index contributed by atoms with van der Waals surface area (Å²) in [6, 6.07) is 1.55. The van der Waals surface area contributed by atoms with E-state index in [-0.39, 0.29) is 5.56 Å². The molecule has 0 aliphatic carbocycles. The van der Waals surface area contributed by atoms with Crippen molar-refractivity contribution in [1.29, 1.82) is 0 Å². The van der Waals surface area contributed by atoms with Gasteiger partial charge in [0.2, 0.25) is 0 Å². The van der Waals surface area contributed by atoms with Crippen LogP contribution in [-0.4, -0.2) is 32.9 Å². The monoisotopic (exact) mass is 309 g/mol. The molecule has 0 saturated carbocycles. The number of carbonyl (C=O) groups is 2. The minimum Gasteiger partial charge on any atom is -0.504 e. The Morgan fingerprint density at radius 1 is 1.14 bits per heavy atom. The van der Waals surface area contributed by atoms with Crippen LogP contribution in [-0.2, 0) is 19.1 Å². The van der Waals surface area contributed by atoms with Gasteiger partial charge in [0.25, 0.3) is 11.5 Å². The summed E-state index contributed by atoms with van der Waals surface area (Å²) in [6.45, 7) is 2.71. The molecule has 1 aliphatic rings. The second-order valence-corrected chi connectivity index (χ2v) is 4.89. The summed E-state index contributed by atoms with van der Waals surface area (Å²) in [5, 5.41) is 29.7. The second-order valence-electron chi connectivity index (χ2n) is 4.89. The second kappa shape index (κ2) is 5.02. The lowest BCUT2D eigenvalue weighted by molar-refractivity contribution is -0.385. The van der Waals surface area contributed by atoms with Crippen LogP contribution >= 0.6 is 0 Å². The number of rotatable bonds is 2. The van der Waals surface area contributed by atoms with Crippen LogP contribution in [0.25, 0.3) is 6.08 Å². The first-order chi connectivity index (χ1) is 10.1. The molecular weight excluding hydrogens is 298 g/mol. The van der Waals surface area contributed by atoms with E-state index in [1.807, 2.05) is 0 Å². The van der Waals surface area contributed by atoms with Crippen molar-refractivity contribution in [2.75, 3.05) is 0 Å². The maximum Gasteiger partial charge on any atom is 0.348 e. The molecule has 0 bridgehead atoms. The Balaban J connectivity index is 2.53. The lowest BCUT2D eigenvalue weighted by Crippen LogP contribution is -2.41. The number of phenols is 2. The number of cyclic esters (lactones) is 2. The van der Waals surface area contributed by atoms with Gasteiger partial charge in [-0.15, -0.1) is 0 Å². The van der Waals surface area contributed by atoms with Gasteiger partial charge in [0.15, 0.2) is 11.5 Å². The average Bonchev–Trinajstić information content (AvgIpc) is 2.36. The molecule has 9 nitrogen and oxygen atoms in total. The lowest BCUT2D eigenvalue weighted by Gasteiger charge is -2.29. The maximum absolute atomic E-state index is 11.8. The third-order valence-electron chi connectivity index (χ3n) is 2.74. The number of nitro groups is 1. The number of ether oxygens (including phenoxy) is 2. The van der Waals surface area contributed by atoms with Crippen LogP contribution in [0.5, 0.6) is 11.5 Å². The number of carbonyl (C=O) groups excluding carboxylic acids is 2. The Morgan fingerprint density at radius 3 is 2.14 bits per heavy atom. The van der Waals surface area contributed by atoms with E-state index in [0.717, 1.165) is 12.1 Å². The molecule has 1 saturated heterocycles. The van der Waals surface area contributed by atoms with E-state index in [2.05, 4.69) is 0 Å². The predicted molar refractivity (Wildman–Crippen MR) is 70.7 cm³/mol. The number of phenolic OH excluding ortho intramolecular Hbond substituents is 2. The molecule has 0 aromatic heterocycles. The standard InChI is InChI=1S/C13H11NO8/c1-13(2)21-11(17)7(12(18)22-13)3-6-4-9(15)10(16)5-8(6)14(19)20/h3-5,15-16H,1-2H3. The van der Waals surface area contributed by atoms with Gasteiger partial charge in [0.1, 0.15) is 5.57 Å². The largest absolute Gasteiger partial charge is 0.504 e. The molecule has 1 fully saturated rings. The van der Waals surface area contributed by atoms with Gasteiger partial charge in [0.05, 0.1) is 16.6 Å². The molecule has 116 valence electrons. The molecule has 9 heteroatoms. The summed E-state index contributed by atoms with van der Waals surface area (Å²) in [5.41, 5.74) is -1.43. The molecule has 22 heavy (non-hydrogen) atoms. The smallest absolute Gasteiger partial charge is 0.348 e. The fraction of sp³-hybridized carbons (Fsp3) is 0.231. The van der Waals surface area contributed by atoms with Crippen molar-refractivity contribution in [3.05, 3.63) is 33.4 Å². The zero-order valence-electron chi connectivity index (χ0n) is 11.5. The molecule has 1 aliphatic heterocycles. The Labute approximate surface area is 123 Å². The van der Waals surface area contributed by atoms with Crippen molar-refractivity contribution in [1.82, 2.24) is 0 Å². The van der Waals surface area contributed by atoms with E-state index in [4.69, 9.17) is 9.47 Å². The minimum absolute atomic E-state index is 0.260. The summed E-state index contributed by atoms with van der Waals surface area (Å²) >= 11 is 0. The molecule has 0 unspecified atom stereocenters. The fourth-order valence-corrected chi connectivity index (χ4v) is 1.79. The number of hydrogen-bond donors (Lipinski definition) is 2. The first kappa shape index (κ1) is 15.3. The predicted octanol–water partition coefficient (Wildman–Crippen LogP) is 1.23. The Morgan fingerprint density at radius 2 is 1.64 bits per heavy atom. The molecule has 2 rings (SSSR count). The van der Waals surface area contributed by atoms with Crippen LogP contribution in [0.15, 0.2) is 17.7 Å². The Kier molecular flexibility index (Phi) is 3.49. The van der Waals surface area contributed by atoms with Gasteiger partial charge in [-0.05, 0) is 12.1 Å². The number of nitrogens with zero attached hydrogens (tertiary/aromatic N) is 1. The number of nitro benzene ring substituents is 1. The molecule has 1 aromatic carbocycles. The van der Waals surface area contributed by atoms with Crippen LogP contribution in [0.2, 0.25) is 0 Å². The highest BCUT2D eigenvalue weighted by molar-refractivity contribution is 6.19. The highest BCUT2D eigenvalue weighted by atomic mass is 16.7. The van der Waals surface area contributed by atoms with Crippen molar-refractivity contribution >= 4 is 23.7 Å². The topological polar surface area (TPSA) is 136 Å². The van der Waals surface area contributed by atoms with Crippen LogP contribution in [0.1, 0.15) is 19.4 Å². The number of benzene rings is 1.